The van der Waals surface area contributed by atoms with Crippen LogP contribution in [0.2, 0.25) is 0 Å². The van der Waals surface area contributed by atoms with Gasteiger partial charge in [-0.15, -0.1) is 0 Å². The molecule has 0 spiro atoms. The fourth-order valence-corrected chi connectivity index (χ4v) is 3.11. The van der Waals surface area contributed by atoms with Crippen molar-refractivity contribution in [2.45, 2.75) is 18.7 Å². The normalized spacial score (nSPS) is 12.3. The van der Waals surface area contributed by atoms with Crippen molar-refractivity contribution in [2.75, 3.05) is 7.11 Å². The van der Waals surface area contributed by atoms with Crippen molar-refractivity contribution in [3.63, 3.8) is 0 Å². The van der Waals surface area contributed by atoms with Gasteiger partial charge in [-0.25, -0.2) is 0 Å². The van der Waals surface area contributed by atoms with Gasteiger partial charge in [0.1, 0.15) is 5.75 Å². The second-order valence-electron chi connectivity index (χ2n) is 4.59. The first-order valence-electron chi connectivity index (χ1n) is 6.07. The summed E-state index contributed by atoms with van der Waals surface area (Å²) in [5, 5.41) is 0. The van der Waals surface area contributed by atoms with Crippen LogP contribution in [0.1, 0.15) is 27.1 Å². The third-order valence-electron chi connectivity index (χ3n) is 3.22. The average molecular weight is 384 g/mol. The van der Waals surface area contributed by atoms with E-state index in [4.69, 9.17) is 4.74 Å². The highest BCUT2D eigenvalue weighted by molar-refractivity contribution is 9.10. The lowest BCUT2D eigenvalue weighted by atomic mass is 9.99. The molecule has 1 nitrogen and oxygen atoms in total. The standard InChI is InChI=1S/C16H16Br2O/c1-10-9-13(19-3)5-6-14(10)16(18)12-4-7-15(17)11(2)8-12/h4-9,16H,1-3H3. The Bertz CT molecular complexity index is 593. The molecular formula is C16H16Br2O. The lowest BCUT2D eigenvalue weighted by Gasteiger charge is -2.15. The Hall–Kier alpha value is -0.800. The van der Waals surface area contributed by atoms with Gasteiger partial charge in [0.05, 0.1) is 11.9 Å². The number of hydrogen-bond acceptors (Lipinski definition) is 1. The molecular weight excluding hydrogens is 368 g/mol. The zero-order valence-electron chi connectivity index (χ0n) is 11.2. The van der Waals surface area contributed by atoms with E-state index in [2.05, 4.69) is 76.0 Å². The molecule has 2 aromatic rings. The second kappa shape index (κ2) is 6.10. The minimum atomic E-state index is 0.199. The van der Waals surface area contributed by atoms with Gasteiger partial charge >= 0.3 is 0 Å². The Morgan fingerprint density at radius 2 is 1.74 bits per heavy atom. The number of aryl methyl sites for hydroxylation is 2. The van der Waals surface area contributed by atoms with Gasteiger partial charge in [0.2, 0.25) is 0 Å². The van der Waals surface area contributed by atoms with Crippen LogP contribution < -0.4 is 4.74 Å². The van der Waals surface area contributed by atoms with Crippen molar-refractivity contribution in [3.8, 4) is 5.75 Å². The van der Waals surface area contributed by atoms with Crippen molar-refractivity contribution in [3.05, 3.63) is 63.1 Å². The highest BCUT2D eigenvalue weighted by Gasteiger charge is 2.14. The number of rotatable bonds is 3. The van der Waals surface area contributed by atoms with Gasteiger partial charge < -0.3 is 4.74 Å². The number of alkyl halides is 1. The summed E-state index contributed by atoms with van der Waals surface area (Å²) in [5.74, 6) is 0.896. The Morgan fingerprint density at radius 3 is 2.32 bits per heavy atom. The summed E-state index contributed by atoms with van der Waals surface area (Å²) in [6.45, 7) is 4.21. The van der Waals surface area contributed by atoms with E-state index in [1.165, 1.54) is 22.3 Å². The van der Waals surface area contributed by atoms with Crippen LogP contribution >= 0.6 is 31.9 Å². The van der Waals surface area contributed by atoms with Crippen LogP contribution in [-0.2, 0) is 0 Å². The summed E-state index contributed by atoms with van der Waals surface area (Å²) in [7, 11) is 1.69. The lowest BCUT2D eigenvalue weighted by Crippen LogP contribution is -1.97. The molecule has 0 fully saturated rings. The zero-order valence-corrected chi connectivity index (χ0v) is 14.4. The smallest absolute Gasteiger partial charge is 0.119 e. The average Bonchev–Trinajstić information content (AvgIpc) is 2.41. The Balaban J connectivity index is 2.38. The molecule has 0 saturated heterocycles. The summed E-state index contributed by atoms with van der Waals surface area (Å²) in [6, 6.07) is 12.6. The van der Waals surface area contributed by atoms with E-state index >= 15 is 0 Å². The topological polar surface area (TPSA) is 9.23 Å². The van der Waals surface area contributed by atoms with Crippen LogP contribution in [0.25, 0.3) is 0 Å². The third-order valence-corrected chi connectivity index (χ3v) is 5.14. The van der Waals surface area contributed by atoms with Crippen molar-refractivity contribution in [1.82, 2.24) is 0 Å². The molecule has 2 rings (SSSR count). The van der Waals surface area contributed by atoms with Crippen molar-refractivity contribution >= 4 is 31.9 Å². The molecule has 3 heteroatoms. The summed E-state index contributed by atoms with van der Waals surface area (Å²) in [4.78, 5) is 0.199. The Morgan fingerprint density at radius 1 is 1.00 bits per heavy atom. The second-order valence-corrected chi connectivity index (χ2v) is 6.36. The third kappa shape index (κ3) is 3.21. The molecule has 0 aliphatic rings. The van der Waals surface area contributed by atoms with Gasteiger partial charge in [-0.3, -0.25) is 0 Å². The van der Waals surface area contributed by atoms with E-state index in [1.807, 2.05) is 6.07 Å². The highest BCUT2D eigenvalue weighted by atomic mass is 79.9. The molecule has 0 radical (unpaired) electrons. The van der Waals surface area contributed by atoms with Crippen molar-refractivity contribution < 1.29 is 4.74 Å². The van der Waals surface area contributed by atoms with Gasteiger partial charge in [0.15, 0.2) is 0 Å². The molecule has 0 N–H and O–H groups in total. The van der Waals surface area contributed by atoms with Crippen molar-refractivity contribution in [2.24, 2.45) is 0 Å². The Kier molecular flexibility index (Phi) is 4.69. The molecule has 0 amide bonds. The maximum atomic E-state index is 5.25. The first kappa shape index (κ1) is 14.6. The molecule has 0 saturated carbocycles. The lowest BCUT2D eigenvalue weighted by molar-refractivity contribution is 0.414. The van der Waals surface area contributed by atoms with E-state index in [0.717, 1.165) is 10.2 Å². The fourth-order valence-electron chi connectivity index (χ4n) is 2.06. The Labute approximate surface area is 131 Å². The van der Waals surface area contributed by atoms with Crippen LogP contribution in [0, 0.1) is 13.8 Å². The summed E-state index contributed by atoms with van der Waals surface area (Å²) >= 11 is 7.33. The summed E-state index contributed by atoms with van der Waals surface area (Å²) in [5.41, 5.74) is 4.99. The zero-order chi connectivity index (χ0) is 14.0. The van der Waals surface area contributed by atoms with Crippen LogP contribution in [0.3, 0.4) is 0 Å². The van der Waals surface area contributed by atoms with E-state index in [0.29, 0.717) is 0 Å². The molecule has 0 heterocycles. The SMILES string of the molecule is COc1ccc(C(Br)c2ccc(Br)c(C)c2)c(C)c1. The molecule has 100 valence electrons. The van der Waals surface area contributed by atoms with Gasteiger partial charge in [-0.1, -0.05) is 50.1 Å². The largest absolute Gasteiger partial charge is 0.497 e. The van der Waals surface area contributed by atoms with Gasteiger partial charge in [-0.05, 0) is 54.3 Å². The van der Waals surface area contributed by atoms with Crippen molar-refractivity contribution in [1.29, 1.82) is 0 Å². The molecule has 0 bridgehead atoms. The number of hydrogen-bond donors (Lipinski definition) is 0. The van der Waals surface area contributed by atoms with E-state index in [9.17, 15) is 0 Å². The molecule has 2 aromatic carbocycles. The first-order chi connectivity index (χ1) is 9.02. The predicted octanol–water partition coefficient (Wildman–Crippen LogP) is 5.56. The van der Waals surface area contributed by atoms with Gasteiger partial charge in [0, 0.05) is 4.47 Å². The van der Waals surface area contributed by atoms with E-state index in [1.54, 1.807) is 7.11 Å². The first-order valence-corrected chi connectivity index (χ1v) is 7.78. The maximum absolute atomic E-state index is 5.25. The van der Waals surface area contributed by atoms with Crippen LogP contribution in [-0.4, -0.2) is 7.11 Å². The number of halogens is 2. The predicted molar refractivity (Wildman–Crippen MR) is 87.4 cm³/mol. The number of ether oxygens (including phenoxy) is 1. The molecule has 19 heavy (non-hydrogen) atoms. The number of benzene rings is 2. The van der Waals surface area contributed by atoms with E-state index < -0.39 is 0 Å². The maximum Gasteiger partial charge on any atom is 0.119 e. The highest BCUT2D eigenvalue weighted by Crippen LogP contribution is 2.35. The van der Waals surface area contributed by atoms with Gasteiger partial charge in [-0.2, -0.15) is 0 Å². The minimum absolute atomic E-state index is 0.199. The fraction of sp³-hybridized carbons (Fsp3) is 0.250. The summed E-state index contributed by atoms with van der Waals surface area (Å²) in [6.07, 6.45) is 0. The molecule has 0 aromatic heterocycles. The molecule has 0 aliphatic heterocycles. The molecule has 0 aliphatic carbocycles. The van der Waals surface area contributed by atoms with Gasteiger partial charge in [0.25, 0.3) is 0 Å². The molecule has 1 atom stereocenters. The van der Waals surface area contributed by atoms with E-state index in [-0.39, 0.29) is 4.83 Å². The van der Waals surface area contributed by atoms with Crippen LogP contribution in [0.5, 0.6) is 5.75 Å². The van der Waals surface area contributed by atoms with Crippen LogP contribution in [0.15, 0.2) is 40.9 Å². The number of methoxy groups -OCH3 is 1. The summed E-state index contributed by atoms with van der Waals surface area (Å²) < 4.78 is 6.39. The minimum Gasteiger partial charge on any atom is -0.497 e. The monoisotopic (exact) mass is 382 g/mol. The van der Waals surface area contributed by atoms with Crippen LogP contribution in [0.4, 0.5) is 0 Å². The molecule has 1 unspecified atom stereocenters. The quantitative estimate of drug-likeness (QED) is 0.630.